The average molecular weight is 454 g/mol. The van der Waals surface area contributed by atoms with E-state index >= 15 is 0 Å². The van der Waals surface area contributed by atoms with Crippen molar-refractivity contribution in [1.82, 2.24) is 9.97 Å². The number of hydrogen-bond acceptors (Lipinski definition) is 8. The van der Waals surface area contributed by atoms with Crippen LogP contribution >= 0.6 is 11.8 Å². The zero-order valence-electron chi connectivity index (χ0n) is 18.0. The van der Waals surface area contributed by atoms with Crippen LogP contribution in [-0.2, 0) is 9.53 Å². The van der Waals surface area contributed by atoms with Crippen LogP contribution in [-0.4, -0.2) is 40.0 Å². The number of esters is 1. The molecule has 0 spiro atoms. The van der Waals surface area contributed by atoms with Crippen LogP contribution in [0.25, 0.3) is 11.3 Å². The number of carbonyl (C=O) groups excluding carboxylic acids is 3. The van der Waals surface area contributed by atoms with Gasteiger partial charge in [-0.05, 0) is 26.8 Å². The molecule has 32 heavy (non-hydrogen) atoms. The van der Waals surface area contributed by atoms with E-state index in [-0.39, 0.29) is 47.5 Å². The minimum absolute atomic E-state index is 0.0545. The van der Waals surface area contributed by atoms with E-state index in [9.17, 15) is 14.4 Å². The summed E-state index contributed by atoms with van der Waals surface area (Å²) in [5, 5.41) is 3.33. The monoisotopic (exact) mass is 453 g/mol. The lowest BCUT2D eigenvalue weighted by Crippen LogP contribution is -2.16. The maximum absolute atomic E-state index is 12.5. The molecule has 166 valence electrons. The summed E-state index contributed by atoms with van der Waals surface area (Å²) in [5.41, 5.74) is 1.84. The molecule has 1 aromatic carbocycles. The molecule has 0 unspecified atom stereocenters. The van der Waals surface area contributed by atoms with Crippen molar-refractivity contribution in [2.75, 3.05) is 17.7 Å². The zero-order chi connectivity index (χ0) is 23.1. The molecule has 0 aliphatic heterocycles. The van der Waals surface area contributed by atoms with E-state index in [0.29, 0.717) is 5.75 Å². The number of ketones is 1. The largest absolute Gasteiger partial charge is 0.462 e. The molecule has 0 saturated heterocycles. The Balaban J connectivity index is 1.64. The summed E-state index contributed by atoms with van der Waals surface area (Å²) in [5.74, 6) is -0.791. The van der Waals surface area contributed by atoms with Crippen molar-refractivity contribution in [1.29, 1.82) is 0 Å². The molecule has 0 saturated carbocycles. The summed E-state index contributed by atoms with van der Waals surface area (Å²) in [6.07, 6.45) is 1.64. The Bertz CT molecular complexity index is 1130. The standard InChI is InChI=1S/C23H23N3O5S/c1-4-30-23(29)21-20(14(2)27)15(3)31-22(21)26-18(28)10-11-32-19-12-17(24-13-25-19)16-8-6-5-7-9-16/h5-9,12-13H,4,10-11H2,1-3H3,(H,26,28). The maximum atomic E-state index is 12.5. The highest BCUT2D eigenvalue weighted by atomic mass is 32.2. The number of hydrogen-bond donors (Lipinski definition) is 1. The molecule has 9 heteroatoms. The number of thioether (sulfide) groups is 1. The van der Waals surface area contributed by atoms with Crippen molar-refractivity contribution < 1.29 is 23.5 Å². The first-order valence-electron chi connectivity index (χ1n) is 10.0. The van der Waals surface area contributed by atoms with Gasteiger partial charge in [0.25, 0.3) is 0 Å². The summed E-state index contributed by atoms with van der Waals surface area (Å²) in [7, 11) is 0. The molecule has 0 atom stereocenters. The summed E-state index contributed by atoms with van der Waals surface area (Å²) in [6.45, 7) is 4.68. The number of nitrogens with one attached hydrogen (secondary N) is 1. The Kier molecular flexibility index (Phi) is 7.77. The third-order valence-corrected chi connectivity index (χ3v) is 5.39. The summed E-state index contributed by atoms with van der Waals surface area (Å²) in [6, 6.07) is 11.6. The van der Waals surface area contributed by atoms with Crippen LogP contribution in [0.4, 0.5) is 5.88 Å². The van der Waals surface area contributed by atoms with Crippen molar-refractivity contribution in [2.45, 2.75) is 32.2 Å². The number of benzene rings is 1. The topological polar surface area (TPSA) is 111 Å². The van der Waals surface area contributed by atoms with Gasteiger partial charge in [0.05, 0.1) is 22.9 Å². The molecular formula is C23H23N3O5S. The molecule has 1 N–H and O–H groups in total. The number of anilines is 1. The van der Waals surface area contributed by atoms with E-state index in [1.54, 1.807) is 13.8 Å². The van der Waals surface area contributed by atoms with E-state index in [1.807, 2.05) is 36.4 Å². The van der Waals surface area contributed by atoms with Crippen molar-refractivity contribution in [3.63, 3.8) is 0 Å². The lowest BCUT2D eigenvalue weighted by atomic mass is 10.1. The zero-order valence-corrected chi connectivity index (χ0v) is 18.8. The fraction of sp³-hybridized carbons (Fsp3) is 0.261. The minimum Gasteiger partial charge on any atom is -0.462 e. The van der Waals surface area contributed by atoms with Crippen LogP contribution < -0.4 is 5.32 Å². The van der Waals surface area contributed by atoms with E-state index in [2.05, 4.69) is 15.3 Å². The Morgan fingerprint density at radius 2 is 1.88 bits per heavy atom. The van der Waals surface area contributed by atoms with Gasteiger partial charge >= 0.3 is 5.97 Å². The van der Waals surface area contributed by atoms with Gasteiger partial charge < -0.3 is 9.15 Å². The molecule has 3 aromatic rings. The number of furan rings is 1. The van der Waals surface area contributed by atoms with Crippen LogP contribution in [0, 0.1) is 6.92 Å². The summed E-state index contributed by atoms with van der Waals surface area (Å²) >= 11 is 1.41. The van der Waals surface area contributed by atoms with Crippen molar-refractivity contribution in [3.05, 3.63) is 59.6 Å². The Morgan fingerprint density at radius 3 is 2.56 bits per heavy atom. The number of ether oxygens (including phenoxy) is 1. The van der Waals surface area contributed by atoms with E-state index in [4.69, 9.17) is 9.15 Å². The normalized spacial score (nSPS) is 10.6. The molecule has 2 heterocycles. The first kappa shape index (κ1) is 23.2. The number of Topliss-reactive ketones (excluding diaryl/α,β-unsaturated/α-hetero) is 1. The number of nitrogens with zero attached hydrogens (tertiary/aromatic N) is 2. The molecule has 0 aliphatic carbocycles. The van der Waals surface area contributed by atoms with Gasteiger partial charge in [0, 0.05) is 17.7 Å². The third-order valence-electron chi connectivity index (χ3n) is 4.46. The second-order valence-corrected chi connectivity index (χ2v) is 7.88. The third kappa shape index (κ3) is 5.61. The van der Waals surface area contributed by atoms with E-state index in [0.717, 1.165) is 16.3 Å². The van der Waals surface area contributed by atoms with Gasteiger partial charge in [-0.1, -0.05) is 30.3 Å². The van der Waals surface area contributed by atoms with Gasteiger partial charge in [0.2, 0.25) is 11.8 Å². The molecule has 0 radical (unpaired) electrons. The number of aryl methyl sites for hydroxylation is 1. The first-order chi connectivity index (χ1) is 15.4. The lowest BCUT2D eigenvalue weighted by molar-refractivity contribution is -0.115. The molecule has 3 rings (SSSR count). The van der Waals surface area contributed by atoms with E-state index < -0.39 is 5.97 Å². The first-order valence-corrected chi connectivity index (χ1v) is 11.0. The van der Waals surface area contributed by atoms with Gasteiger partial charge in [-0.3, -0.25) is 14.9 Å². The van der Waals surface area contributed by atoms with Crippen LogP contribution in [0.3, 0.4) is 0 Å². The van der Waals surface area contributed by atoms with Gasteiger partial charge in [0.15, 0.2) is 5.78 Å². The molecule has 8 nitrogen and oxygen atoms in total. The quantitative estimate of drug-likeness (QED) is 0.217. The number of aromatic nitrogens is 2. The Labute approximate surface area is 189 Å². The molecule has 0 bridgehead atoms. The lowest BCUT2D eigenvalue weighted by Gasteiger charge is -2.06. The molecule has 2 aromatic heterocycles. The Hall–Kier alpha value is -3.46. The van der Waals surface area contributed by atoms with E-state index in [1.165, 1.54) is 25.0 Å². The predicted molar refractivity (Wildman–Crippen MR) is 121 cm³/mol. The number of amides is 1. The SMILES string of the molecule is CCOC(=O)c1c(NC(=O)CCSc2cc(-c3ccccc3)ncn2)oc(C)c1C(C)=O. The predicted octanol–water partition coefficient (Wildman–Crippen LogP) is 4.55. The highest BCUT2D eigenvalue weighted by molar-refractivity contribution is 7.99. The minimum atomic E-state index is -0.714. The highest BCUT2D eigenvalue weighted by Crippen LogP contribution is 2.29. The van der Waals surface area contributed by atoms with Gasteiger partial charge in [-0.25, -0.2) is 14.8 Å². The van der Waals surface area contributed by atoms with Crippen LogP contribution in [0.2, 0.25) is 0 Å². The number of rotatable bonds is 9. The summed E-state index contributed by atoms with van der Waals surface area (Å²) in [4.78, 5) is 45.3. The second-order valence-electron chi connectivity index (χ2n) is 6.77. The Morgan fingerprint density at radius 1 is 1.12 bits per heavy atom. The fourth-order valence-corrected chi connectivity index (χ4v) is 3.89. The average Bonchev–Trinajstić information content (AvgIpc) is 3.10. The van der Waals surface area contributed by atoms with Gasteiger partial charge in [0.1, 0.15) is 17.7 Å². The highest BCUT2D eigenvalue weighted by Gasteiger charge is 2.28. The molecule has 0 fully saturated rings. The van der Waals surface area contributed by atoms with Gasteiger partial charge in [-0.2, -0.15) is 0 Å². The van der Waals surface area contributed by atoms with Crippen LogP contribution in [0.5, 0.6) is 0 Å². The number of carbonyl (C=O) groups is 3. The van der Waals surface area contributed by atoms with Gasteiger partial charge in [-0.15, -0.1) is 11.8 Å². The molecular weight excluding hydrogens is 430 g/mol. The fourth-order valence-electron chi connectivity index (χ4n) is 3.08. The smallest absolute Gasteiger partial charge is 0.344 e. The van der Waals surface area contributed by atoms with Crippen LogP contribution in [0.1, 0.15) is 46.7 Å². The maximum Gasteiger partial charge on any atom is 0.344 e. The molecule has 0 aliphatic rings. The summed E-state index contributed by atoms with van der Waals surface area (Å²) < 4.78 is 10.5. The molecule has 1 amide bonds. The van der Waals surface area contributed by atoms with Crippen molar-refractivity contribution in [2.24, 2.45) is 0 Å². The van der Waals surface area contributed by atoms with Crippen LogP contribution in [0.15, 0.2) is 52.2 Å². The van der Waals surface area contributed by atoms with Crippen molar-refractivity contribution >= 4 is 35.3 Å². The van der Waals surface area contributed by atoms with Crippen molar-refractivity contribution in [3.8, 4) is 11.3 Å². The second kappa shape index (κ2) is 10.7.